The number of hydrogen-bond acceptors (Lipinski definition) is 3. The van der Waals surface area contributed by atoms with Gasteiger partial charge < -0.3 is 20.3 Å². The molecule has 0 unspecified atom stereocenters. The number of halogens is 3. The maximum absolute atomic E-state index is 13.1. The smallest absolute Gasteiger partial charge is 0.416 e. The summed E-state index contributed by atoms with van der Waals surface area (Å²) in [6, 6.07) is 8.92. The van der Waals surface area contributed by atoms with Crippen LogP contribution in [0.5, 0.6) is 5.75 Å². The third-order valence-corrected chi connectivity index (χ3v) is 4.09. The zero-order valence-corrected chi connectivity index (χ0v) is 17.3. The van der Waals surface area contributed by atoms with Gasteiger partial charge in [-0.15, -0.1) is 0 Å². The van der Waals surface area contributed by atoms with Crippen LogP contribution in [-0.4, -0.2) is 19.4 Å². The Hall–Kier alpha value is -3.75. The van der Waals surface area contributed by atoms with E-state index in [0.29, 0.717) is 17.1 Å². The summed E-state index contributed by atoms with van der Waals surface area (Å²) in [5, 5.41) is 5.05. The molecule has 0 spiro atoms. The van der Waals surface area contributed by atoms with Crippen LogP contribution in [0.3, 0.4) is 0 Å². The van der Waals surface area contributed by atoms with Crippen LogP contribution in [0.15, 0.2) is 72.1 Å². The topological polar surface area (TPSA) is 66.0 Å². The fourth-order valence-corrected chi connectivity index (χ4v) is 2.47. The Labute approximate surface area is 178 Å². The zero-order chi connectivity index (χ0) is 23.0. The first-order valence-corrected chi connectivity index (χ1v) is 9.21. The van der Waals surface area contributed by atoms with E-state index in [0.717, 1.165) is 17.9 Å². The van der Waals surface area contributed by atoms with Crippen molar-refractivity contribution in [2.24, 2.45) is 4.99 Å². The van der Waals surface area contributed by atoms with Crippen LogP contribution < -0.4 is 20.3 Å². The molecule has 2 rings (SSSR count). The van der Waals surface area contributed by atoms with Gasteiger partial charge in [0.15, 0.2) is 0 Å². The quantitative estimate of drug-likeness (QED) is 0.308. The van der Waals surface area contributed by atoms with E-state index < -0.39 is 17.8 Å². The van der Waals surface area contributed by atoms with Gasteiger partial charge in [-0.25, -0.2) is 9.79 Å². The van der Waals surface area contributed by atoms with Gasteiger partial charge in [0.2, 0.25) is 0 Å². The molecule has 0 heterocycles. The maximum Gasteiger partial charge on any atom is 0.416 e. The van der Waals surface area contributed by atoms with E-state index in [1.165, 1.54) is 23.5 Å². The number of benzene rings is 2. The number of ether oxygens (including phenoxy) is 1. The molecule has 164 valence electrons. The molecule has 0 saturated carbocycles. The molecule has 2 N–H and O–H groups in total. The molecule has 6 nitrogen and oxygen atoms in total. The molecule has 0 saturated heterocycles. The van der Waals surface area contributed by atoms with Crippen LogP contribution in [0.2, 0.25) is 0 Å². The lowest BCUT2D eigenvalue weighted by Crippen LogP contribution is -2.23. The molecule has 0 aliphatic carbocycles. The summed E-state index contributed by atoms with van der Waals surface area (Å²) >= 11 is 0. The lowest BCUT2D eigenvalue weighted by Gasteiger charge is -2.20. The van der Waals surface area contributed by atoms with Crippen molar-refractivity contribution in [2.75, 3.05) is 22.6 Å². The molecule has 0 atom stereocenters. The van der Waals surface area contributed by atoms with Gasteiger partial charge in [-0.1, -0.05) is 6.58 Å². The molecule has 9 heteroatoms. The van der Waals surface area contributed by atoms with Gasteiger partial charge in [-0.3, -0.25) is 0 Å². The summed E-state index contributed by atoms with van der Waals surface area (Å²) in [5.74, 6) is 1.31. The van der Waals surface area contributed by atoms with Gasteiger partial charge in [0.25, 0.3) is 0 Å². The molecular weight excluding hydrogens is 409 g/mol. The molecule has 31 heavy (non-hydrogen) atoms. The molecule has 0 aromatic heterocycles. The van der Waals surface area contributed by atoms with Crippen LogP contribution in [-0.2, 0) is 6.18 Å². The van der Waals surface area contributed by atoms with Crippen LogP contribution in [0.4, 0.5) is 35.0 Å². The number of urea groups is 1. The van der Waals surface area contributed by atoms with Gasteiger partial charge >= 0.3 is 12.2 Å². The monoisotopic (exact) mass is 432 g/mol. The second-order valence-corrected chi connectivity index (χ2v) is 6.39. The van der Waals surface area contributed by atoms with Crippen molar-refractivity contribution in [1.29, 1.82) is 0 Å². The summed E-state index contributed by atoms with van der Waals surface area (Å²) in [5.41, 5.74) is -0.159. The Bertz CT molecular complexity index is 983. The number of nitrogens with one attached hydrogen (secondary N) is 2. The summed E-state index contributed by atoms with van der Waals surface area (Å²) in [7, 11) is 1.59. The van der Waals surface area contributed by atoms with Crippen molar-refractivity contribution in [2.45, 2.75) is 20.0 Å². The van der Waals surface area contributed by atoms with Gasteiger partial charge in [0.05, 0.1) is 29.0 Å². The van der Waals surface area contributed by atoms with Crippen molar-refractivity contribution in [3.8, 4) is 5.75 Å². The fourth-order valence-electron chi connectivity index (χ4n) is 2.47. The average Bonchev–Trinajstić information content (AvgIpc) is 2.72. The molecule has 0 fully saturated rings. The Balaban J connectivity index is 2.21. The SMILES string of the molecule is C=CN=CN(C)c1ccc(C(F)(F)F)cc1NC(=O)Nc1ccc(O/C(C)=C/C)cc1. The maximum atomic E-state index is 13.1. The van der Waals surface area contributed by atoms with Crippen LogP contribution in [0, 0.1) is 0 Å². The van der Waals surface area contributed by atoms with E-state index in [1.807, 2.05) is 19.9 Å². The van der Waals surface area contributed by atoms with Crippen molar-refractivity contribution >= 4 is 29.4 Å². The molecule has 0 radical (unpaired) electrons. The summed E-state index contributed by atoms with van der Waals surface area (Å²) in [6.45, 7) is 7.11. The first-order valence-electron chi connectivity index (χ1n) is 9.21. The minimum Gasteiger partial charge on any atom is -0.462 e. The lowest BCUT2D eigenvalue weighted by atomic mass is 10.1. The number of carbonyl (C=O) groups excluding carboxylic acids is 1. The summed E-state index contributed by atoms with van der Waals surface area (Å²) in [4.78, 5) is 17.7. The minimum atomic E-state index is -4.56. The molecule has 2 amide bonds. The number of amides is 2. The molecule has 0 aliphatic heterocycles. The Morgan fingerprint density at radius 3 is 2.42 bits per heavy atom. The zero-order valence-electron chi connectivity index (χ0n) is 17.3. The number of rotatable bonds is 7. The first kappa shape index (κ1) is 23.5. The number of hydrogen-bond donors (Lipinski definition) is 2. The number of alkyl halides is 3. The van der Waals surface area contributed by atoms with Crippen LogP contribution >= 0.6 is 0 Å². The number of nitrogens with zero attached hydrogens (tertiary/aromatic N) is 2. The van der Waals surface area contributed by atoms with E-state index in [1.54, 1.807) is 31.3 Å². The van der Waals surface area contributed by atoms with Crippen LogP contribution in [0.25, 0.3) is 0 Å². The highest BCUT2D eigenvalue weighted by molar-refractivity contribution is 6.03. The fraction of sp³-hybridized carbons (Fsp3) is 0.182. The highest BCUT2D eigenvalue weighted by atomic mass is 19.4. The Morgan fingerprint density at radius 2 is 1.84 bits per heavy atom. The molecule has 0 bridgehead atoms. The van der Waals surface area contributed by atoms with Crippen molar-refractivity contribution in [3.05, 3.63) is 72.6 Å². The highest BCUT2D eigenvalue weighted by Gasteiger charge is 2.31. The number of anilines is 3. The second-order valence-electron chi connectivity index (χ2n) is 6.39. The van der Waals surface area contributed by atoms with E-state index in [-0.39, 0.29) is 5.69 Å². The minimum absolute atomic E-state index is 0.0333. The van der Waals surface area contributed by atoms with E-state index in [4.69, 9.17) is 4.74 Å². The predicted molar refractivity (Wildman–Crippen MR) is 118 cm³/mol. The van der Waals surface area contributed by atoms with E-state index >= 15 is 0 Å². The normalized spacial score (nSPS) is 11.9. The third kappa shape index (κ3) is 6.91. The molecule has 0 aliphatic rings. The second kappa shape index (κ2) is 10.3. The van der Waals surface area contributed by atoms with Crippen molar-refractivity contribution in [3.63, 3.8) is 0 Å². The van der Waals surface area contributed by atoms with E-state index in [2.05, 4.69) is 22.2 Å². The summed E-state index contributed by atoms with van der Waals surface area (Å²) < 4.78 is 45.0. The third-order valence-electron chi connectivity index (χ3n) is 4.09. The number of allylic oxidation sites excluding steroid dienone is 2. The standard InChI is InChI=1S/C22H23F3N4O2/c1-5-15(3)31-18-10-8-17(9-11-18)27-21(30)28-19-13-16(22(23,24)25)7-12-20(19)29(4)14-26-6-2/h5-14H,2H2,1,3-4H3,(H2,27,28,30)/b15-5+,26-14?. The van der Waals surface area contributed by atoms with E-state index in [9.17, 15) is 18.0 Å². The number of carbonyl (C=O) groups is 1. The Kier molecular flexibility index (Phi) is 7.84. The van der Waals surface area contributed by atoms with Gasteiger partial charge in [-0.2, -0.15) is 13.2 Å². The molecule has 2 aromatic carbocycles. The van der Waals surface area contributed by atoms with Gasteiger partial charge in [0.1, 0.15) is 5.75 Å². The highest BCUT2D eigenvalue weighted by Crippen LogP contribution is 2.35. The van der Waals surface area contributed by atoms with Gasteiger partial charge in [-0.05, 0) is 62.4 Å². The van der Waals surface area contributed by atoms with Crippen molar-refractivity contribution in [1.82, 2.24) is 0 Å². The predicted octanol–water partition coefficient (Wildman–Crippen LogP) is 6.26. The average molecular weight is 432 g/mol. The Morgan fingerprint density at radius 1 is 1.16 bits per heavy atom. The molecule has 2 aromatic rings. The van der Waals surface area contributed by atoms with Crippen molar-refractivity contribution < 1.29 is 22.7 Å². The van der Waals surface area contributed by atoms with Crippen LogP contribution in [0.1, 0.15) is 19.4 Å². The number of aliphatic imine (C=N–C) groups is 1. The van der Waals surface area contributed by atoms with Gasteiger partial charge in [0, 0.05) is 18.9 Å². The molecular formula is C22H23F3N4O2. The first-order chi connectivity index (χ1) is 14.6. The lowest BCUT2D eigenvalue weighted by molar-refractivity contribution is -0.137. The summed E-state index contributed by atoms with van der Waals surface area (Å²) in [6.07, 6.45) is -0.0984. The largest absolute Gasteiger partial charge is 0.462 e.